The number of halogens is 2. The molecular formula is C19H27Cl2N5O. The lowest BCUT2D eigenvalue weighted by atomic mass is 10.0. The number of guanidine groups is 1. The van der Waals surface area contributed by atoms with Gasteiger partial charge in [0.15, 0.2) is 5.96 Å². The molecule has 0 saturated carbocycles. The minimum Gasteiger partial charge on any atom is -0.370 e. The number of unbranched alkanes of at least 4 members (excludes halogenated alkanes) is 1. The maximum atomic E-state index is 11.8. The van der Waals surface area contributed by atoms with Crippen molar-refractivity contribution in [3.05, 3.63) is 59.7 Å². The van der Waals surface area contributed by atoms with Crippen LogP contribution in [-0.4, -0.2) is 18.4 Å². The molecule has 0 fully saturated rings. The molecule has 0 heterocycles. The summed E-state index contributed by atoms with van der Waals surface area (Å²) < 4.78 is 0. The Kier molecular flexibility index (Phi) is 11.9. The Balaban J connectivity index is 0.00000338. The van der Waals surface area contributed by atoms with Crippen LogP contribution >= 0.6 is 24.8 Å². The molecule has 0 aliphatic heterocycles. The fourth-order valence-corrected chi connectivity index (χ4v) is 2.43. The lowest BCUT2D eigenvalue weighted by Crippen LogP contribution is -2.21. The molecule has 0 bridgehead atoms. The largest absolute Gasteiger partial charge is 0.370 e. The number of hydrogen-bond donors (Lipinski definition) is 4. The van der Waals surface area contributed by atoms with Gasteiger partial charge in [-0.25, -0.2) is 4.99 Å². The molecule has 8 heteroatoms. The van der Waals surface area contributed by atoms with Crippen molar-refractivity contribution in [2.75, 3.05) is 11.9 Å². The Bertz CT molecular complexity index is 714. The summed E-state index contributed by atoms with van der Waals surface area (Å²) in [4.78, 5) is 15.8. The van der Waals surface area contributed by atoms with Crippen LogP contribution in [-0.2, 0) is 11.2 Å². The van der Waals surface area contributed by atoms with E-state index >= 15 is 0 Å². The maximum absolute atomic E-state index is 11.8. The highest BCUT2D eigenvalue weighted by molar-refractivity contribution is 5.90. The molecule has 0 unspecified atom stereocenters. The second-order valence-electron chi connectivity index (χ2n) is 5.87. The third-order valence-electron chi connectivity index (χ3n) is 3.70. The van der Waals surface area contributed by atoms with Crippen molar-refractivity contribution in [2.45, 2.75) is 25.7 Å². The highest BCUT2D eigenvalue weighted by Crippen LogP contribution is 2.17. The summed E-state index contributed by atoms with van der Waals surface area (Å²) in [5, 5.41) is 2.90. The summed E-state index contributed by atoms with van der Waals surface area (Å²) in [6, 6.07) is 15.6. The molecule has 0 aliphatic rings. The van der Waals surface area contributed by atoms with E-state index in [4.69, 9.17) is 17.2 Å². The molecule has 1 amide bonds. The topological polar surface area (TPSA) is 120 Å². The van der Waals surface area contributed by atoms with Gasteiger partial charge in [0.25, 0.3) is 0 Å². The second kappa shape index (κ2) is 13.0. The van der Waals surface area contributed by atoms with Gasteiger partial charge < -0.3 is 22.5 Å². The molecule has 0 atom stereocenters. The number of anilines is 1. The van der Waals surface area contributed by atoms with Crippen molar-refractivity contribution in [3.8, 4) is 0 Å². The Morgan fingerprint density at radius 3 is 1.96 bits per heavy atom. The molecule has 0 saturated heterocycles. The first-order valence-electron chi connectivity index (χ1n) is 8.34. The molecule has 27 heavy (non-hydrogen) atoms. The van der Waals surface area contributed by atoms with Gasteiger partial charge in [-0.3, -0.25) is 4.79 Å². The number of amides is 1. The number of carbonyl (C=O) groups is 1. The molecule has 0 spiro atoms. The maximum Gasteiger partial charge on any atom is 0.224 e. The third-order valence-corrected chi connectivity index (χ3v) is 3.70. The Labute approximate surface area is 172 Å². The molecule has 2 aromatic rings. The van der Waals surface area contributed by atoms with Crippen LogP contribution in [0, 0.1) is 0 Å². The number of rotatable bonds is 8. The van der Waals surface area contributed by atoms with Gasteiger partial charge in [-0.1, -0.05) is 24.3 Å². The number of nitrogens with two attached hydrogens (primary N) is 3. The number of benzene rings is 2. The predicted molar refractivity (Wildman–Crippen MR) is 117 cm³/mol. The van der Waals surface area contributed by atoms with E-state index < -0.39 is 0 Å². The van der Waals surface area contributed by atoms with E-state index in [0.717, 1.165) is 41.8 Å². The minimum atomic E-state index is 0. The quantitative estimate of drug-likeness (QED) is 0.303. The third kappa shape index (κ3) is 9.28. The van der Waals surface area contributed by atoms with Crippen molar-refractivity contribution >= 4 is 48.1 Å². The second-order valence-corrected chi connectivity index (χ2v) is 5.87. The van der Waals surface area contributed by atoms with Gasteiger partial charge in [0.05, 0.1) is 5.69 Å². The van der Waals surface area contributed by atoms with Crippen LogP contribution in [0.25, 0.3) is 0 Å². The van der Waals surface area contributed by atoms with E-state index in [1.54, 1.807) is 0 Å². The summed E-state index contributed by atoms with van der Waals surface area (Å²) in [5.41, 5.74) is 20.0. The van der Waals surface area contributed by atoms with Gasteiger partial charge in [0.2, 0.25) is 5.91 Å². The zero-order chi connectivity index (χ0) is 18.1. The average molecular weight is 412 g/mol. The molecule has 7 N–H and O–H groups in total. The van der Waals surface area contributed by atoms with Gasteiger partial charge in [0.1, 0.15) is 0 Å². The van der Waals surface area contributed by atoms with Gasteiger partial charge >= 0.3 is 0 Å². The molecule has 0 radical (unpaired) electrons. The molecular weight excluding hydrogens is 385 g/mol. The number of hydrogen-bond acceptors (Lipinski definition) is 3. The van der Waals surface area contributed by atoms with Crippen molar-refractivity contribution in [2.24, 2.45) is 22.2 Å². The minimum absolute atomic E-state index is 0. The summed E-state index contributed by atoms with van der Waals surface area (Å²) in [6.07, 6.45) is 2.98. The van der Waals surface area contributed by atoms with Crippen molar-refractivity contribution in [1.29, 1.82) is 0 Å². The van der Waals surface area contributed by atoms with Crippen molar-refractivity contribution in [3.63, 3.8) is 0 Å². The Morgan fingerprint density at radius 2 is 1.44 bits per heavy atom. The molecule has 0 aromatic heterocycles. The smallest absolute Gasteiger partial charge is 0.224 e. The van der Waals surface area contributed by atoms with Crippen LogP contribution in [0.15, 0.2) is 53.5 Å². The van der Waals surface area contributed by atoms with Gasteiger partial charge in [-0.05, 0) is 61.2 Å². The van der Waals surface area contributed by atoms with Gasteiger partial charge in [-0.15, -0.1) is 24.8 Å². The number of nitrogens with zero attached hydrogens (tertiary/aromatic N) is 1. The standard InChI is InChI=1S/C19H25N5O.2ClH/c20-12-2-1-3-18(25)23-16-8-4-14(5-9-16)13-15-6-10-17(11-7-15)24-19(21)22;;/h4-11H,1-3,12-13,20H2,(H,23,25)(H4,21,22,24);2*1H. The van der Waals surface area contributed by atoms with E-state index in [2.05, 4.69) is 10.3 Å². The summed E-state index contributed by atoms with van der Waals surface area (Å²) in [7, 11) is 0. The Hall–Kier alpha value is -2.28. The lowest BCUT2D eigenvalue weighted by Gasteiger charge is -2.07. The van der Waals surface area contributed by atoms with E-state index in [1.807, 2.05) is 48.5 Å². The number of nitrogens with one attached hydrogen (secondary N) is 1. The fraction of sp³-hybridized carbons (Fsp3) is 0.263. The summed E-state index contributed by atoms with van der Waals surface area (Å²) in [5.74, 6) is 0.0740. The fourth-order valence-electron chi connectivity index (χ4n) is 2.43. The monoisotopic (exact) mass is 411 g/mol. The average Bonchev–Trinajstić information content (AvgIpc) is 2.58. The number of carbonyl (C=O) groups excluding carboxylic acids is 1. The van der Waals surface area contributed by atoms with Crippen molar-refractivity contribution in [1.82, 2.24) is 0 Å². The summed E-state index contributed by atoms with van der Waals surface area (Å²) >= 11 is 0. The molecule has 6 nitrogen and oxygen atoms in total. The first-order chi connectivity index (χ1) is 12.1. The van der Waals surface area contributed by atoms with Gasteiger partial charge in [-0.2, -0.15) is 0 Å². The lowest BCUT2D eigenvalue weighted by molar-refractivity contribution is -0.116. The van der Waals surface area contributed by atoms with Crippen molar-refractivity contribution < 1.29 is 4.79 Å². The van der Waals surface area contributed by atoms with Crippen LogP contribution in [0.2, 0.25) is 0 Å². The molecule has 2 aromatic carbocycles. The SMILES string of the molecule is Cl.Cl.NCCCCC(=O)Nc1ccc(Cc2ccc(N=C(N)N)cc2)cc1. The highest BCUT2D eigenvalue weighted by Gasteiger charge is 2.03. The van der Waals surface area contributed by atoms with Gasteiger partial charge in [0, 0.05) is 12.1 Å². The first kappa shape index (κ1) is 24.7. The normalized spacial score (nSPS) is 9.52. The molecule has 2 rings (SSSR count). The van der Waals surface area contributed by atoms with E-state index in [-0.39, 0.29) is 36.7 Å². The van der Waals surface area contributed by atoms with E-state index in [0.29, 0.717) is 13.0 Å². The number of aliphatic imine (C=N–C) groups is 1. The summed E-state index contributed by atoms with van der Waals surface area (Å²) in [6.45, 7) is 0.620. The zero-order valence-corrected chi connectivity index (χ0v) is 16.7. The van der Waals surface area contributed by atoms with Crippen LogP contribution in [0.1, 0.15) is 30.4 Å². The highest BCUT2D eigenvalue weighted by atomic mass is 35.5. The predicted octanol–water partition coefficient (Wildman–Crippen LogP) is 3.09. The zero-order valence-electron chi connectivity index (χ0n) is 15.1. The first-order valence-corrected chi connectivity index (χ1v) is 8.34. The van der Waals surface area contributed by atoms with Crippen LogP contribution < -0.4 is 22.5 Å². The Morgan fingerprint density at radius 1 is 0.889 bits per heavy atom. The van der Waals surface area contributed by atoms with Crippen LogP contribution in [0.3, 0.4) is 0 Å². The molecule has 0 aliphatic carbocycles. The van der Waals surface area contributed by atoms with E-state index in [9.17, 15) is 4.79 Å². The van der Waals surface area contributed by atoms with Crippen LogP contribution in [0.5, 0.6) is 0 Å². The van der Waals surface area contributed by atoms with E-state index in [1.165, 1.54) is 0 Å². The molecule has 148 valence electrons. The van der Waals surface area contributed by atoms with Crippen LogP contribution in [0.4, 0.5) is 11.4 Å².